The topological polar surface area (TPSA) is 38.0 Å². The molecule has 0 aliphatic heterocycles. The van der Waals surface area contributed by atoms with Gasteiger partial charge in [-0.05, 0) is 31.0 Å². The number of aliphatic hydroxyl groups is 1. The van der Waals surface area contributed by atoms with E-state index in [0.29, 0.717) is 12.8 Å². The molecule has 0 aromatic carbocycles. The minimum Gasteiger partial charge on any atom is -0.396 e. The molecule has 0 unspecified atom stereocenters. The maximum absolute atomic E-state index is 12.6. The van der Waals surface area contributed by atoms with Crippen molar-refractivity contribution in [3.05, 3.63) is 46.9 Å². The van der Waals surface area contributed by atoms with E-state index in [1.165, 1.54) is 0 Å². The Bertz CT molecular complexity index is 596. The number of pyridine rings is 1. The molecule has 7 heteroatoms. The number of hydrogen-bond acceptors (Lipinski definition) is 2. The smallest absolute Gasteiger partial charge is 0.396 e. The van der Waals surface area contributed by atoms with Gasteiger partial charge in [0.25, 0.3) is 0 Å². The molecule has 1 N–H and O–H groups in total. The fraction of sp³-hybridized carbons (Fsp3) is 0.308. The van der Waals surface area contributed by atoms with Gasteiger partial charge in [0.15, 0.2) is 5.82 Å². The Hall–Kier alpha value is -1.53. The lowest BCUT2D eigenvalue weighted by molar-refractivity contribution is -0.137. The third kappa shape index (κ3) is 3.13. The quantitative estimate of drug-likeness (QED) is 0.939. The van der Waals surface area contributed by atoms with Gasteiger partial charge in [0, 0.05) is 24.7 Å². The first-order chi connectivity index (χ1) is 9.43. The van der Waals surface area contributed by atoms with Gasteiger partial charge < -0.3 is 9.67 Å². The minimum absolute atomic E-state index is 0.0410. The highest BCUT2D eigenvalue weighted by molar-refractivity contribution is 6.32. The van der Waals surface area contributed by atoms with Gasteiger partial charge in [-0.2, -0.15) is 13.2 Å². The molecule has 0 spiro atoms. The zero-order valence-electron chi connectivity index (χ0n) is 10.4. The van der Waals surface area contributed by atoms with Gasteiger partial charge in [-0.3, -0.25) is 0 Å². The number of hydrogen-bond donors (Lipinski definition) is 1. The Morgan fingerprint density at radius 2 is 2.10 bits per heavy atom. The molecule has 0 radical (unpaired) electrons. The van der Waals surface area contributed by atoms with E-state index in [2.05, 4.69) is 4.98 Å². The van der Waals surface area contributed by atoms with Crippen LogP contribution in [0.3, 0.4) is 0 Å². The molecule has 0 bridgehead atoms. The van der Waals surface area contributed by atoms with Crippen molar-refractivity contribution in [1.82, 2.24) is 9.55 Å². The molecule has 2 heterocycles. The van der Waals surface area contributed by atoms with Gasteiger partial charge in [-0.1, -0.05) is 11.6 Å². The Morgan fingerprint density at radius 3 is 2.70 bits per heavy atom. The summed E-state index contributed by atoms with van der Waals surface area (Å²) in [6, 6.07) is 4.42. The number of aromatic nitrogens is 2. The molecule has 0 aliphatic carbocycles. The second-order valence-electron chi connectivity index (χ2n) is 4.22. The SMILES string of the molecule is OCCCc1cccn1-c1ncc(C(F)(F)F)cc1Cl. The molecule has 3 nitrogen and oxygen atoms in total. The van der Waals surface area contributed by atoms with E-state index in [0.717, 1.165) is 18.0 Å². The second kappa shape index (κ2) is 5.85. The molecule has 2 aromatic rings. The van der Waals surface area contributed by atoms with Gasteiger partial charge in [0.2, 0.25) is 0 Å². The number of nitrogens with zero attached hydrogens (tertiary/aromatic N) is 2. The summed E-state index contributed by atoms with van der Waals surface area (Å²) in [5.74, 6) is 0.248. The largest absolute Gasteiger partial charge is 0.417 e. The summed E-state index contributed by atoms with van der Waals surface area (Å²) in [7, 11) is 0. The van der Waals surface area contributed by atoms with Crippen LogP contribution in [0.5, 0.6) is 0 Å². The third-order valence-electron chi connectivity index (χ3n) is 2.80. The fourth-order valence-corrected chi connectivity index (χ4v) is 2.11. The predicted molar refractivity (Wildman–Crippen MR) is 69.0 cm³/mol. The number of rotatable bonds is 4. The molecule has 0 saturated heterocycles. The molecular weight excluding hydrogens is 293 g/mol. The van der Waals surface area contributed by atoms with E-state index in [9.17, 15) is 13.2 Å². The standard InChI is InChI=1S/C13H12ClF3N2O/c14-11-7-9(13(15,16)17)8-18-12(11)19-5-1-3-10(19)4-2-6-20/h1,3,5,7-8,20H,2,4,6H2. The Kier molecular flexibility index (Phi) is 4.35. The summed E-state index contributed by atoms with van der Waals surface area (Å²) in [6.45, 7) is 0.0410. The zero-order chi connectivity index (χ0) is 14.8. The van der Waals surface area contributed by atoms with Crippen molar-refractivity contribution in [3.8, 4) is 5.82 Å². The van der Waals surface area contributed by atoms with Crippen LogP contribution in [0.2, 0.25) is 5.02 Å². The maximum atomic E-state index is 12.6. The van der Waals surface area contributed by atoms with E-state index in [1.54, 1.807) is 16.8 Å². The molecular formula is C13H12ClF3N2O. The summed E-state index contributed by atoms with van der Waals surface area (Å²) in [4.78, 5) is 3.80. The molecule has 0 fully saturated rings. The highest BCUT2D eigenvalue weighted by Gasteiger charge is 2.31. The van der Waals surface area contributed by atoms with Crippen LogP contribution in [0.25, 0.3) is 5.82 Å². The minimum atomic E-state index is -4.47. The van der Waals surface area contributed by atoms with E-state index >= 15 is 0 Å². The highest BCUT2D eigenvalue weighted by atomic mass is 35.5. The van der Waals surface area contributed by atoms with Crippen LogP contribution in [-0.2, 0) is 12.6 Å². The van der Waals surface area contributed by atoms with Crippen molar-refractivity contribution >= 4 is 11.6 Å². The van der Waals surface area contributed by atoms with Crippen LogP contribution in [0.4, 0.5) is 13.2 Å². The molecule has 0 amide bonds. The number of aliphatic hydroxyl groups excluding tert-OH is 1. The molecule has 2 rings (SSSR count). The summed E-state index contributed by atoms with van der Waals surface area (Å²) >= 11 is 5.90. The first-order valence-electron chi connectivity index (χ1n) is 5.93. The first-order valence-corrected chi connectivity index (χ1v) is 6.31. The molecule has 0 saturated carbocycles. The molecule has 0 atom stereocenters. The van der Waals surface area contributed by atoms with Gasteiger partial charge in [-0.15, -0.1) is 0 Å². The summed E-state index contributed by atoms with van der Waals surface area (Å²) in [6.07, 6.45) is -0.887. The highest BCUT2D eigenvalue weighted by Crippen LogP contribution is 2.32. The van der Waals surface area contributed by atoms with Crippen LogP contribution < -0.4 is 0 Å². The van der Waals surface area contributed by atoms with Crippen molar-refractivity contribution < 1.29 is 18.3 Å². The predicted octanol–water partition coefficient (Wildman–Crippen LogP) is 3.47. The van der Waals surface area contributed by atoms with Gasteiger partial charge >= 0.3 is 6.18 Å². The third-order valence-corrected chi connectivity index (χ3v) is 3.08. The van der Waals surface area contributed by atoms with E-state index in [-0.39, 0.29) is 17.4 Å². The number of aryl methyl sites for hydroxylation is 1. The van der Waals surface area contributed by atoms with Crippen molar-refractivity contribution in [3.63, 3.8) is 0 Å². The fourth-order valence-electron chi connectivity index (χ4n) is 1.85. The molecule has 2 aromatic heterocycles. The van der Waals surface area contributed by atoms with E-state index in [1.807, 2.05) is 6.07 Å². The van der Waals surface area contributed by atoms with E-state index in [4.69, 9.17) is 16.7 Å². The van der Waals surface area contributed by atoms with Crippen molar-refractivity contribution in [2.24, 2.45) is 0 Å². The van der Waals surface area contributed by atoms with Gasteiger partial charge in [-0.25, -0.2) is 4.98 Å². The van der Waals surface area contributed by atoms with Crippen molar-refractivity contribution in [2.45, 2.75) is 19.0 Å². The maximum Gasteiger partial charge on any atom is 0.417 e. The van der Waals surface area contributed by atoms with Crippen LogP contribution in [0.15, 0.2) is 30.6 Å². The van der Waals surface area contributed by atoms with Gasteiger partial charge in [0.05, 0.1) is 10.6 Å². The van der Waals surface area contributed by atoms with Crippen LogP contribution >= 0.6 is 11.6 Å². The molecule has 0 aliphatic rings. The van der Waals surface area contributed by atoms with E-state index < -0.39 is 11.7 Å². The summed E-state index contributed by atoms with van der Waals surface area (Å²) in [5.41, 5.74) is -0.0523. The number of halogens is 4. The molecule has 108 valence electrons. The molecule has 20 heavy (non-hydrogen) atoms. The Labute approximate surface area is 118 Å². The van der Waals surface area contributed by atoms with Gasteiger partial charge in [0.1, 0.15) is 0 Å². The van der Waals surface area contributed by atoms with Crippen molar-refractivity contribution in [2.75, 3.05) is 6.61 Å². The number of alkyl halides is 3. The average Bonchev–Trinajstić information content (AvgIpc) is 2.83. The Morgan fingerprint density at radius 1 is 1.35 bits per heavy atom. The Balaban J connectivity index is 2.37. The van der Waals surface area contributed by atoms with Crippen LogP contribution in [-0.4, -0.2) is 21.3 Å². The van der Waals surface area contributed by atoms with Crippen LogP contribution in [0.1, 0.15) is 17.7 Å². The summed E-state index contributed by atoms with van der Waals surface area (Å²) < 4.78 is 39.3. The van der Waals surface area contributed by atoms with Crippen LogP contribution in [0, 0.1) is 0 Å². The van der Waals surface area contributed by atoms with Crippen molar-refractivity contribution in [1.29, 1.82) is 0 Å². The second-order valence-corrected chi connectivity index (χ2v) is 4.63. The zero-order valence-corrected chi connectivity index (χ0v) is 11.1. The lowest BCUT2D eigenvalue weighted by atomic mass is 10.2. The average molecular weight is 305 g/mol. The lowest BCUT2D eigenvalue weighted by Gasteiger charge is -2.12. The summed E-state index contributed by atoms with van der Waals surface area (Å²) in [5, 5.41) is 8.76. The monoisotopic (exact) mass is 304 g/mol. The normalized spacial score (nSPS) is 11.8. The lowest BCUT2D eigenvalue weighted by Crippen LogP contribution is -2.08. The first kappa shape index (κ1) is 14.9.